The Balaban J connectivity index is 2.30. The molecule has 1 atom stereocenters. The maximum atomic E-state index is 3.80. The molecule has 21 heavy (non-hydrogen) atoms. The number of rotatable bonds is 5. The molecular formula is C19H28IN. The summed E-state index contributed by atoms with van der Waals surface area (Å²) in [6.45, 7) is 5.55. The van der Waals surface area contributed by atoms with E-state index < -0.39 is 0 Å². The Morgan fingerprint density at radius 2 is 2.00 bits per heavy atom. The summed E-state index contributed by atoms with van der Waals surface area (Å²) in [6, 6.07) is 7.14. The van der Waals surface area contributed by atoms with E-state index in [1.807, 2.05) is 0 Å². The van der Waals surface area contributed by atoms with Crippen LogP contribution in [0.5, 0.6) is 0 Å². The molecule has 1 nitrogen and oxygen atoms in total. The summed E-state index contributed by atoms with van der Waals surface area (Å²) >= 11 is 2.52. The van der Waals surface area contributed by atoms with Crippen molar-refractivity contribution in [3.8, 4) is 0 Å². The second kappa shape index (κ2) is 8.94. The lowest BCUT2D eigenvalue weighted by molar-refractivity contribution is 0.539. The van der Waals surface area contributed by atoms with Crippen molar-refractivity contribution in [2.45, 2.75) is 64.8 Å². The van der Waals surface area contributed by atoms with Crippen LogP contribution in [0, 0.1) is 10.5 Å². The van der Waals surface area contributed by atoms with Crippen LogP contribution in [0.3, 0.4) is 0 Å². The highest BCUT2D eigenvalue weighted by Gasteiger charge is 2.19. The van der Waals surface area contributed by atoms with Crippen molar-refractivity contribution in [3.05, 3.63) is 44.5 Å². The second-order valence-corrected chi connectivity index (χ2v) is 7.18. The van der Waals surface area contributed by atoms with Crippen LogP contribution in [0.15, 0.2) is 29.8 Å². The topological polar surface area (TPSA) is 12.0 Å². The fraction of sp³-hybridized carbons (Fsp3) is 0.579. The molecule has 1 aromatic carbocycles. The van der Waals surface area contributed by atoms with E-state index in [0.29, 0.717) is 6.04 Å². The third-order valence-electron chi connectivity index (χ3n) is 4.33. The number of benzene rings is 1. The molecule has 0 aliphatic heterocycles. The summed E-state index contributed by atoms with van der Waals surface area (Å²) in [6.07, 6.45) is 11.7. The van der Waals surface area contributed by atoms with E-state index in [4.69, 9.17) is 0 Å². The highest BCUT2D eigenvalue weighted by atomic mass is 127. The normalized spacial score (nSPS) is 20.2. The number of halogens is 1. The Labute approximate surface area is 143 Å². The maximum Gasteiger partial charge on any atom is 0.0546 e. The number of allylic oxidation sites excluding steroid dienone is 1. The average molecular weight is 397 g/mol. The fourth-order valence-corrected chi connectivity index (χ4v) is 3.77. The molecule has 0 saturated carbocycles. The Kier molecular flexibility index (Phi) is 7.24. The van der Waals surface area contributed by atoms with Crippen molar-refractivity contribution in [1.29, 1.82) is 0 Å². The van der Waals surface area contributed by atoms with Gasteiger partial charge in [0, 0.05) is 3.57 Å². The minimum atomic E-state index is 0.412. The van der Waals surface area contributed by atoms with Gasteiger partial charge in [0.1, 0.15) is 0 Å². The van der Waals surface area contributed by atoms with E-state index in [0.717, 1.165) is 6.54 Å². The predicted octanol–water partition coefficient (Wildman–Crippen LogP) is 5.92. The van der Waals surface area contributed by atoms with Gasteiger partial charge in [0.25, 0.3) is 0 Å². The number of hydrogen-bond acceptors (Lipinski definition) is 1. The van der Waals surface area contributed by atoms with Crippen LogP contribution in [-0.4, -0.2) is 6.54 Å². The molecular weight excluding hydrogens is 369 g/mol. The highest BCUT2D eigenvalue weighted by molar-refractivity contribution is 14.1. The number of aryl methyl sites for hydroxylation is 1. The summed E-state index contributed by atoms with van der Waals surface area (Å²) in [5.41, 5.74) is 4.48. The van der Waals surface area contributed by atoms with E-state index in [9.17, 15) is 0 Å². The van der Waals surface area contributed by atoms with Gasteiger partial charge < -0.3 is 5.32 Å². The molecule has 2 rings (SSSR count). The number of hydrogen-bond donors (Lipinski definition) is 1. The molecule has 1 aliphatic carbocycles. The van der Waals surface area contributed by atoms with Crippen LogP contribution in [0.25, 0.3) is 0 Å². The third-order valence-corrected chi connectivity index (χ3v) is 5.80. The predicted molar refractivity (Wildman–Crippen MR) is 101 cm³/mol. The minimum Gasteiger partial charge on any atom is -0.307 e. The van der Waals surface area contributed by atoms with Crippen molar-refractivity contribution in [3.63, 3.8) is 0 Å². The smallest absolute Gasteiger partial charge is 0.0546 e. The molecule has 116 valence electrons. The lowest BCUT2D eigenvalue weighted by Gasteiger charge is -2.25. The van der Waals surface area contributed by atoms with E-state index in [1.54, 1.807) is 5.57 Å². The summed E-state index contributed by atoms with van der Waals surface area (Å²) in [5.74, 6) is 0. The first kappa shape index (κ1) is 17.0. The monoisotopic (exact) mass is 397 g/mol. The fourth-order valence-electron chi connectivity index (χ4n) is 3.10. The van der Waals surface area contributed by atoms with Gasteiger partial charge in [-0.15, -0.1) is 0 Å². The maximum absolute atomic E-state index is 3.80. The van der Waals surface area contributed by atoms with Crippen molar-refractivity contribution in [2.75, 3.05) is 6.54 Å². The van der Waals surface area contributed by atoms with Crippen LogP contribution in [0.1, 0.15) is 69.0 Å². The average Bonchev–Trinajstić information content (AvgIpc) is 2.44. The first-order chi connectivity index (χ1) is 10.2. The zero-order valence-corrected chi connectivity index (χ0v) is 15.6. The van der Waals surface area contributed by atoms with Crippen molar-refractivity contribution in [1.82, 2.24) is 5.32 Å². The van der Waals surface area contributed by atoms with Gasteiger partial charge in [0.05, 0.1) is 6.04 Å². The molecule has 0 amide bonds. The Morgan fingerprint density at radius 3 is 2.81 bits per heavy atom. The van der Waals surface area contributed by atoms with E-state index >= 15 is 0 Å². The molecule has 0 fully saturated rings. The quantitative estimate of drug-likeness (QED) is 0.480. The van der Waals surface area contributed by atoms with Gasteiger partial charge in [-0.3, -0.25) is 0 Å². The largest absolute Gasteiger partial charge is 0.307 e. The molecule has 0 saturated heterocycles. The third kappa shape index (κ3) is 4.82. The number of nitrogens with one attached hydrogen (secondary N) is 1. The van der Waals surface area contributed by atoms with Gasteiger partial charge in [-0.2, -0.15) is 0 Å². The zero-order chi connectivity index (χ0) is 15.1. The van der Waals surface area contributed by atoms with Gasteiger partial charge in [0.15, 0.2) is 0 Å². The molecule has 1 unspecified atom stereocenters. The Bertz CT molecular complexity index is 478. The van der Waals surface area contributed by atoms with Crippen molar-refractivity contribution >= 4 is 22.6 Å². The summed E-state index contributed by atoms with van der Waals surface area (Å²) in [7, 11) is 0. The summed E-state index contributed by atoms with van der Waals surface area (Å²) < 4.78 is 1.42. The lowest BCUT2D eigenvalue weighted by atomic mass is 9.90. The first-order valence-electron chi connectivity index (χ1n) is 8.41. The highest BCUT2D eigenvalue weighted by Crippen LogP contribution is 2.32. The molecule has 0 spiro atoms. The molecule has 1 aliphatic rings. The Morgan fingerprint density at radius 1 is 1.19 bits per heavy atom. The van der Waals surface area contributed by atoms with Crippen LogP contribution in [0.2, 0.25) is 0 Å². The molecule has 0 bridgehead atoms. The second-order valence-electron chi connectivity index (χ2n) is 6.10. The lowest BCUT2D eigenvalue weighted by Crippen LogP contribution is -2.25. The molecule has 0 aromatic heterocycles. The van der Waals surface area contributed by atoms with Gasteiger partial charge in [0.2, 0.25) is 0 Å². The molecule has 0 heterocycles. The summed E-state index contributed by atoms with van der Waals surface area (Å²) in [5, 5.41) is 3.80. The van der Waals surface area contributed by atoms with Gasteiger partial charge in [-0.25, -0.2) is 0 Å². The van der Waals surface area contributed by atoms with E-state index in [-0.39, 0.29) is 0 Å². The molecule has 2 heteroatoms. The minimum absolute atomic E-state index is 0.412. The SMILES string of the molecule is CCCNC(/C1=C/CCCCCC1)c1cccc(C)c1I. The molecule has 1 N–H and O–H groups in total. The van der Waals surface area contributed by atoms with Crippen LogP contribution in [0.4, 0.5) is 0 Å². The van der Waals surface area contributed by atoms with Crippen LogP contribution >= 0.6 is 22.6 Å². The Hall–Kier alpha value is -0.350. The van der Waals surface area contributed by atoms with E-state index in [1.165, 1.54) is 59.6 Å². The van der Waals surface area contributed by atoms with Crippen molar-refractivity contribution in [2.24, 2.45) is 0 Å². The molecule has 1 aromatic rings. The standard InChI is InChI=1S/C19H28IN/c1-3-14-21-19(16-11-7-5-4-6-8-12-16)17-13-9-10-15(2)18(17)20/h9-11,13,19,21H,3-8,12,14H2,1-2H3/b16-11+. The molecule has 0 radical (unpaired) electrons. The van der Waals surface area contributed by atoms with Crippen molar-refractivity contribution < 1.29 is 0 Å². The summed E-state index contributed by atoms with van der Waals surface area (Å²) in [4.78, 5) is 0. The van der Waals surface area contributed by atoms with Gasteiger partial charge in [-0.05, 0) is 79.3 Å². The van der Waals surface area contributed by atoms with Crippen LogP contribution in [-0.2, 0) is 0 Å². The van der Waals surface area contributed by atoms with Crippen LogP contribution < -0.4 is 5.32 Å². The van der Waals surface area contributed by atoms with Gasteiger partial charge >= 0.3 is 0 Å². The van der Waals surface area contributed by atoms with E-state index in [2.05, 4.69) is 66.0 Å². The first-order valence-corrected chi connectivity index (χ1v) is 9.49. The zero-order valence-electron chi connectivity index (χ0n) is 13.4. The van der Waals surface area contributed by atoms with Gasteiger partial charge in [-0.1, -0.05) is 49.6 Å².